The van der Waals surface area contributed by atoms with E-state index in [9.17, 15) is 0 Å². The first kappa shape index (κ1) is 12.6. The monoisotopic (exact) mass is 274 g/mol. The van der Waals surface area contributed by atoms with Gasteiger partial charge in [-0.1, -0.05) is 0 Å². The third-order valence-corrected chi connectivity index (χ3v) is 4.85. The lowest BCUT2D eigenvalue weighted by Crippen LogP contribution is -2.30. The molecule has 2 aromatic rings. The number of likely N-dealkylation sites (N-methyl/N-ethyl adjacent to an activating group) is 1. The molecule has 1 N–H and O–H groups in total. The second kappa shape index (κ2) is 5.31. The van der Waals surface area contributed by atoms with Gasteiger partial charge in [-0.25, -0.2) is 4.98 Å². The Hall–Kier alpha value is -1.39. The number of ether oxygens (including phenoxy) is 1. The SMILES string of the molecule is CNC1CCc2nc(-c3ccc(OC)cc3)sc2C1. The van der Waals surface area contributed by atoms with Crippen LogP contribution in [0.25, 0.3) is 10.6 Å². The Morgan fingerprint density at radius 3 is 2.79 bits per heavy atom. The minimum atomic E-state index is 0.608. The quantitative estimate of drug-likeness (QED) is 0.934. The third kappa shape index (κ3) is 2.51. The second-order valence-electron chi connectivity index (χ2n) is 4.85. The molecule has 0 bridgehead atoms. The highest BCUT2D eigenvalue weighted by Gasteiger charge is 2.21. The Balaban J connectivity index is 1.88. The number of nitrogens with zero attached hydrogens (tertiary/aromatic N) is 1. The molecule has 0 saturated heterocycles. The largest absolute Gasteiger partial charge is 0.497 e. The van der Waals surface area contributed by atoms with E-state index in [0.717, 1.165) is 23.6 Å². The number of hydrogen-bond donors (Lipinski definition) is 1. The van der Waals surface area contributed by atoms with E-state index in [1.165, 1.54) is 22.6 Å². The van der Waals surface area contributed by atoms with E-state index in [0.29, 0.717) is 6.04 Å². The molecule has 0 radical (unpaired) electrons. The van der Waals surface area contributed by atoms with Gasteiger partial charge >= 0.3 is 0 Å². The summed E-state index contributed by atoms with van der Waals surface area (Å²) in [6.07, 6.45) is 3.39. The highest BCUT2D eigenvalue weighted by molar-refractivity contribution is 7.15. The first-order chi connectivity index (χ1) is 9.30. The molecule has 1 aromatic heterocycles. The number of nitrogens with one attached hydrogen (secondary N) is 1. The molecular formula is C15H18N2OS. The molecule has 19 heavy (non-hydrogen) atoms. The van der Waals surface area contributed by atoms with E-state index in [1.54, 1.807) is 7.11 Å². The zero-order valence-corrected chi connectivity index (χ0v) is 12.1. The van der Waals surface area contributed by atoms with Crippen LogP contribution in [0.15, 0.2) is 24.3 Å². The van der Waals surface area contributed by atoms with Gasteiger partial charge in [-0.05, 0) is 50.6 Å². The molecule has 0 fully saturated rings. The Kier molecular flexibility index (Phi) is 3.53. The van der Waals surface area contributed by atoms with Gasteiger partial charge in [0.25, 0.3) is 0 Å². The Labute approximate surface area is 117 Å². The van der Waals surface area contributed by atoms with E-state index in [4.69, 9.17) is 9.72 Å². The molecule has 1 atom stereocenters. The summed E-state index contributed by atoms with van der Waals surface area (Å²) in [5.74, 6) is 0.889. The van der Waals surface area contributed by atoms with Crippen molar-refractivity contribution in [3.8, 4) is 16.3 Å². The number of methoxy groups -OCH3 is 1. The number of fused-ring (bicyclic) bond motifs is 1. The number of rotatable bonds is 3. The number of benzene rings is 1. The predicted molar refractivity (Wildman–Crippen MR) is 79.0 cm³/mol. The molecule has 4 heteroatoms. The fraction of sp³-hybridized carbons (Fsp3) is 0.400. The molecule has 3 nitrogen and oxygen atoms in total. The van der Waals surface area contributed by atoms with Gasteiger partial charge in [0, 0.05) is 16.5 Å². The van der Waals surface area contributed by atoms with Crippen molar-refractivity contribution >= 4 is 11.3 Å². The van der Waals surface area contributed by atoms with Crippen molar-refractivity contribution < 1.29 is 4.74 Å². The summed E-state index contributed by atoms with van der Waals surface area (Å²) in [5.41, 5.74) is 2.48. The molecule has 1 unspecified atom stereocenters. The molecule has 1 heterocycles. The molecule has 100 valence electrons. The van der Waals surface area contributed by atoms with Crippen LogP contribution in [-0.4, -0.2) is 25.2 Å². The molecule has 0 spiro atoms. The van der Waals surface area contributed by atoms with Crippen LogP contribution in [0, 0.1) is 0 Å². The zero-order chi connectivity index (χ0) is 13.2. The standard InChI is InChI=1S/C15H18N2OS/c1-16-11-5-8-13-14(9-11)19-15(17-13)10-3-6-12(18-2)7-4-10/h3-4,6-7,11,16H,5,8-9H2,1-2H3. The average molecular weight is 274 g/mol. The first-order valence-corrected chi connectivity index (χ1v) is 7.42. The van der Waals surface area contributed by atoms with Gasteiger partial charge in [0.15, 0.2) is 0 Å². The van der Waals surface area contributed by atoms with Gasteiger partial charge in [0.2, 0.25) is 0 Å². The van der Waals surface area contributed by atoms with Crippen molar-refractivity contribution in [1.29, 1.82) is 0 Å². The van der Waals surface area contributed by atoms with Gasteiger partial charge in [-0.2, -0.15) is 0 Å². The minimum absolute atomic E-state index is 0.608. The van der Waals surface area contributed by atoms with Gasteiger partial charge in [-0.3, -0.25) is 0 Å². The van der Waals surface area contributed by atoms with Crippen molar-refractivity contribution in [3.63, 3.8) is 0 Å². The van der Waals surface area contributed by atoms with E-state index < -0.39 is 0 Å². The van der Waals surface area contributed by atoms with Crippen molar-refractivity contribution in [2.75, 3.05) is 14.2 Å². The maximum absolute atomic E-state index is 5.19. The molecule has 1 aliphatic rings. The minimum Gasteiger partial charge on any atom is -0.497 e. The predicted octanol–water partition coefficient (Wildman–Crippen LogP) is 2.90. The van der Waals surface area contributed by atoms with E-state index in [-0.39, 0.29) is 0 Å². The summed E-state index contributed by atoms with van der Waals surface area (Å²) < 4.78 is 5.19. The lowest BCUT2D eigenvalue weighted by molar-refractivity contribution is 0.415. The van der Waals surface area contributed by atoms with Crippen molar-refractivity contribution in [3.05, 3.63) is 34.8 Å². The lowest BCUT2D eigenvalue weighted by atomic mass is 9.98. The number of aryl methyl sites for hydroxylation is 1. The average Bonchev–Trinajstić information content (AvgIpc) is 2.90. The fourth-order valence-corrected chi connectivity index (χ4v) is 3.67. The van der Waals surface area contributed by atoms with Crippen molar-refractivity contribution in [2.24, 2.45) is 0 Å². The second-order valence-corrected chi connectivity index (χ2v) is 5.93. The van der Waals surface area contributed by atoms with Crippen LogP contribution >= 0.6 is 11.3 Å². The zero-order valence-electron chi connectivity index (χ0n) is 11.3. The van der Waals surface area contributed by atoms with E-state index in [2.05, 4.69) is 17.4 Å². The third-order valence-electron chi connectivity index (χ3n) is 3.68. The summed E-state index contributed by atoms with van der Waals surface area (Å²) in [7, 11) is 3.73. The number of hydrogen-bond acceptors (Lipinski definition) is 4. The Morgan fingerprint density at radius 2 is 2.11 bits per heavy atom. The molecule has 0 amide bonds. The summed E-state index contributed by atoms with van der Waals surface area (Å²) in [6, 6.07) is 8.76. The smallest absolute Gasteiger partial charge is 0.123 e. The summed E-state index contributed by atoms with van der Waals surface area (Å²) in [6.45, 7) is 0. The van der Waals surface area contributed by atoms with E-state index >= 15 is 0 Å². The normalized spacial score (nSPS) is 18.1. The fourth-order valence-electron chi connectivity index (χ4n) is 2.48. The maximum atomic E-state index is 5.19. The van der Waals surface area contributed by atoms with Crippen LogP contribution < -0.4 is 10.1 Å². The molecule has 1 aliphatic carbocycles. The van der Waals surface area contributed by atoms with Crippen LogP contribution in [0.2, 0.25) is 0 Å². The van der Waals surface area contributed by atoms with Crippen molar-refractivity contribution in [1.82, 2.24) is 10.3 Å². The van der Waals surface area contributed by atoms with Crippen LogP contribution in [0.3, 0.4) is 0 Å². The highest BCUT2D eigenvalue weighted by Crippen LogP contribution is 2.33. The molecule has 0 aliphatic heterocycles. The molecule has 1 aromatic carbocycles. The molecular weight excluding hydrogens is 256 g/mol. The topological polar surface area (TPSA) is 34.2 Å². The maximum Gasteiger partial charge on any atom is 0.123 e. The Bertz CT molecular complexity index is 562. The molecule has 3 rings (SSSR count). The van der Waals surface area contributed by atoms with Crippen LogP contribution in [0.5, 0.6) is 5.75 Å². The van der Waals surface area contributed by atoms with Gasteiger partial charge in [0.05, 0.1) is 12.8 Å². The Morgan fingerprint density at radius 1 is 1.32 bits per heavy atom. The van der Waals surface area contributed by atoms with E-state index in [1.807, 2.05) is 30.5 Å². The summed E-state index contributed by atoms with van der Waals surface area (Å²) in [4.78, 5) is 6.24. The van der Waals surface area contributed by atoms with Crippen molar-refractivity contribution in [2.45, 2.75) is 25.3 Å². The summed E-state index contributed by atoms with van der Waals surface area (Å²) >= 11 is 1.83. The first-order valence-electron chi connectivity index (χ1n) is 6.60. The highest BCUT2D eigenvalue weighted by atomic mass is 32.1. The van der Waals surface area contributed by atoms with Crippen LogP contribution in [-0.2, 0) is 12.8 Å². The molecule has 0 saturated carbocycles. The summed E-state index contributed by atoms with van der Waals surface area (Å²) in [5, 5.41) is 4.50. The van der Waals surface area contributed by atoms with Crippen LogP contribution in [0.1, 0.15) is 17.0 Å². The van der Waals surface area contributed by atoms with Gasteiger partial charge in [-0.15, -0.1) is 11.3 Å². The lowest BCUT2D eigenvalue weighted by Gasteiger charge is -2.19. The van der Waals surface area contributed by atoms with Gasteiger partial charge < -0.3 is 10.1 Å². The van der Waals surface area contributed by atoms with Crippen LogP contribution in [0.4, 0.5) is 0 Å². The number of thiazole rings is 1. The van der Waals surface area contributed by atoms with Gasteiger partial charge in [0.1, 0.15) is 10.8 Å². The number of aromatic nitrogens is 1.